The molecule has 2 aromatic heterocycles. The van der Waals surface area contributed by atoms with Crippen molar-refractivity contribution in [2.24, 2.45) is 10.9 Å². The molecule has 1 atom stereocenters. The molecule has 1 aromatic carbocycles. The average molecular weight is 510 g/mol. The molecule has 1 saturated carbocycles. The van der Waals surface area contributed by atoms with Gasteiger partial charge in [0.2, 0.25) is 17.8 Å². The van der Waals surface area contributed by atoms with Gasteiger partial charge in [-0.15, -0.1) is 0 Å². The zero-order chi connectivity index (χ0) is 24.0. The van der Waals surface area contributed by atoms with Gasteiger partial charge in [-0.25, -0.2) is 4.98 Å². The summed E-state index contributed by atoms with van der Waals surface area (Å²) in [5, 5.41) is 11.3. The van der Waals surface area contributed by atoms with Crippen molar-refractivity contribution in [3.63, 3.8) is 0 Å². The number of aromatic nitrogens is 5. The molecule has 1 amide bonds. The predicted octanol–water partition coefficient (Wildman–Crippen LogP) is 3.97. The van der Waals surface area contributed by atoms with Crippen LogP contribution in [-0.2, 0) is 11.3 Å². The third-order valence-corrected chi connectivity index (χ3v) is 7.23. The van der Waals surface area contributed by atoms with Crippen molar-refractivity contribution >= 4 is 52.2 Å². The Kier molecular flexibility index (Phi) is 7.48. The fourth-order valence-electron chi connectivity index (χ4n) is 3.36. The van der Waals surface area contributed by atoms with Crippen molar-refractivity contribution < 1.29 is 4.79 Å². The Labute approximate surface area is 212 Å². The number of thioether (sulfide) groups is 1. The smallest absolute Gasteiger partial charge is 0.234 e. The number of rotatable bonds is 10. The van der Waals surface area contributed by atoms with Gasteiger partial charge in [0.1, 0.15) is 0 Å². The number of carbonyl (C=O) groups excluding carboxylic acids is 1. The first-order chi connectivity index (χ1) is 17.1. The lowest BCUT2D eigenvalue weighted by Gasteiger charge is -2.11. The summed E-state index contributed by atoms with van der Waals surface area (Å²) in [7, 11) is 0. The second-order valence-electron chi connectivity index (χ2n) is 8.44. The number of nitrogens with zero attached hydrogens (tertiary/aromatic N) is 6. The molecule has 3 heterocycles. The standard InChI is InChI=1S/C23H27N9OS2/c1-15-13-26-22(34-15)30-21-28-20(25-9-2-11-32-12-10-24-14-32)29-23(31-21)35-18-7-5-17(6-8-18)27-19(33)16-3-4-16/h5-8,10,12,14-16H,2-4,9,11,13H2,1H3,(H,27,33)(H2,25,26,28,29,30,31). The largest absolute Gasteiger partial charge is 0.354 e. The van der Waals surface area contributed by atoms with Gasteiger partial charge in [-0.2, -0.15) is 15.0 Å². The number of imidazole rings is 1. The molecular weight excluding hydrogens is 482 g/mol. The van der Waals surface area contributed by atoms with Crippen LogP contribution in [0, 0.1) is 5.92 Å². The zero-order valence-corrected chi connectivity index (χ0v) is 21.0. The second kappa shape index (κ2) is 11.1. The van der Waals surface area contributed by atoms with E-state index in [0.717, 1.165) is 48.1 Å². The van der Waals surface area contributed by atoms with Gasteiger partial charge in [0.05, 0.1) is 12.9 Å². The fourth-order valence-corrected chi connectivity index (χ4v) is 4.94. The molecule has 5 rings (SSSR count). The van der Waals surface area contributed by atoms with Crippen molar-refractivity contribution in [3.05, 3.63) is 43.0 Å². The van der Waals surface area contributed by atoms with Crippen molar-refractivity contribution in [2.75, 3.05) is 29.0 Å². The van der Waals surface area contributed by atoms with E-state index >= 15 is 0 Å². The highest BCUT2D eigenvalue weighted by molar-refractivity contribution is 8.15. The summed E-state index contributed by atoms with van der Waals surface area (Å²) in [4.78, 5) is 35.3. The molecule has 0 radical (unpaired) electrons. The van der Waals surface area contributed by atoms with Crippen LogP contribution < -0.4 is 16.0 Å². The topological polar surface area (TPSA) is 122 Å². The Balaban J connectivity index is 1.25. The van der Waals surface area contributed by atoms with Gasteiger partial charge in [0.25, 0.3) is 0 Å². The minimum absolute atomic E-state index is 0.101. The lowest BCUT2D eigenvalue weighted by Crippen LogP contribution is -2.14. The highest BCUT2D eigenvalue weighted by atomic mass is 32.2. The van der Waals surface area contributed by atoms with Gasteiger partial charge in [-0.3, -0.25) is 9.79 Å². The van der Waals surface area contributed by atoms with Crippen LogP contribution in [0.1, 0.15) is 26.2 Å². The Hall–Kier alpha value is -3.12. The van der Waals surface area contributed by atoms with Crippen LogP contribution in [0.2, 0.25) is 0 Å². The lowest BCUT2D eigenvalue weighted by molar-refractivity contribution is -0.117. The van der Waals surface area contributed by atoms with Crippen molar-refractivity contribution in [1.29, 1.82) is 0 Å². The number of aliphatic imine (C=N–C) groups is 1. The average Bonchev–Trinajstić information content (AvgIpc) is 3.43. The predicted molar refractivity (Wildman–Crippen MR) is 140 cm³/mol. The molecule has 1 aliphatic heterocycles. The van der Waals surface area contributed by atoms with Crippen LogP contribution in [0.5, 0.6) is 0 Å². The van der Waals surface area contributed by atoms with Gasteiger partial charge in [0.15, 0.2) is 10.3 Å². The van der Waals surface area contributed by atoms with Crippen LogP contribution in [0.3, 0.4) is 0 Å². The van der Waals surface area contributed by atoms with E-state index in [1.165, 1.54) is 11.8 Å². The van der Waals surface area contributed by atoms with E-state index in [9.17, 15) is 4.79 Å². The molecule has 10 nitrogen and oxygen atoms in total. The second-order valence-corrected chi connectivity index (χ2v) is 10.9. The van der Waals surface area contributed by atoms with E-state index in [0.29, 0.717) is 28.8 Å². The summed E-state index contributed by atoms with van der Waals surface area (Å²) in [6.45, 7) is 4.50. The first-order valence-electron chi connectivity index (χ1n) is 11.6. The number of hydrogen-bond donors (Lipinski definition) is 3. The number of anilines is 3. The summed E-state index contributed by atoms with van der Waals surface area (Å²) < 4.78 is 2.04. The van der Waals surface area contributed by atoms with Crippen LogP contribution in [0.15, 0.2) is 58.0 Å². The minimum atomic E-state index is 0.101. The number of amidine groups is 1. The van der Waals surface area contributed by atoms with E-state index in [-0.39, 0.29) is 11.8 Å². The summed E-state index contributed by atoms with van der Waals surface area (Å²) >= 11 is 3.12. The molecule has 35 heavy (non-hydrogen) atoms. The van der Waals surface area contributed by atoms with Gasteiger partial charge >= 0.3 is 0 Å². The lowest BCUT2D eigenvalue weighted by atomic mass is 10.3. The molecule has 3 N–H and O–H groups in total. The number of benzene rings is 1. The number of hydrogen-bond acceptors (Lipinski definition) is 10. The SMILES string of the molecule is CC1CN=C(Nc2nc(NCCCn3ccnc3)nc(Sc3ccc(NC(=O)C4CC4)cc3)n2)S1. The van der Waals surface area contributed by atoms with Gasteiger partial charge in [-0.1, -0.05) is 18.7 Å². The highest BCUT2D eigenvalue weighted by Crippen LogP contribution is 2.31. The number of aryl methyl sites for hydroxylation is 1. The third-order valence-electron chi connectivity index (χ3n) is 5.35. The molecule has 3 aromatic rings. The first kappa shape index (κ1) is 23.6. The van der Waals surface area contributed by atoms with E-state index in [4.69, 9.17) is 0 Å². The molecule has 1 aliphatic carbocycles. The van der Waals surface area contributed by atoms with Crippen LogP contribution >= 0.6 is 23.5 Å². The quantitative estimate of drug-likeness (QED) is 0.348. The van der Waals surface area contributed by atoms with E-state index in [1.807, 2.05) is 41.4 Å². The van der Waals surface area contributed by atoms with E-state index in [2.05, 4.69) is 47.8 Å². The minimum Gasteiger partial charge on any atom is -0.354 e. The molecule has 0 bridgehead atoms. The first-order valence-corrected chi connectivity index (χ1v) is 13.3. The van der Waals surface area contributed by atoms with Crippen LogP contribution in [-0.4, -0.2) is 53.9 Å². The Morgan fingerprint density at radius 3 is 2.71 bits per heavy atom. The molecule has 182 valence electrons. The van der Waals surface area contributed by atoms with Crippen LogP contribution in [0.25, 0.3) is 0 Å². The maximum atomic E-state index is 12.0. The number of amides is 1. The maximum absolute atomic E-state index is 12.0. The van der Waals surface area contributed by atoms with Crippen molar-refractivity contribution in [3.8, 4) is 0 Å². The summed E-state index contributed by atoms with van der Waals surface area (Å²) in [6.07, 6.45) is 8.41. The van der Waals surface area contributed by atoms with Crippen molar-refractivity contribution in [1.82, 2.24) is 24.5 Å². The van der Waals surface area contributed by atoms with E-state index < -0.39 is 0 Å². The summed E-state index contributed by atoms with van der Waals surface area (Å²) in [6, 6.07) is 7.73. The van der Waals surface area contributed by atoms with Gasteiger partial charge in [-0.05, 0) is 55.3 Å². The molecule has 0 saturated heterocycles. The Morgan fingerprint density at radius 2 is 2.00 bits per heavy atom. The number of nitrogens with one attached hydrogen (secondary N) is 3. The molecule has 2 aliphatic rings. The normalized spacial score (nSPS) is 17.2. The summed E-state index contributed by atoms with van der Waals surface area (Å²) in [5.74, 6) is 1.26. The zero-order valence-electron chi connectivity index (χ0n) is 19.3. The van der Waals surface area contributed by atoms with Crippen LogP contribution in [0.4, 0.5) is 17.6 Å². The molecule has 12 heteroatoms. The molecule has 1 fully saturated rings. The third kappa shape index (κ3) is 6.95. The fraction of sp³-hybridized carbons (Fsp3) is 0.391. The monoisotopic (exact) mass is 509 g/mol. The summed E-state index contributed by atoms with van der Waals surface area (Å²) in [5.41, 5.74) is 0.801. The van der Waals surface area contributed by atoms with Gasteiger partial charge < -0.3 is 20.5 Å². The van der Waals surface area contributed by atoms with E-state index in [1.54, 1.807) is 18.0 Å². The maximum Gasteiger partial charge on any atom is 0.234 e. The Bertz CT molecular complexity index is 1180. The highest BCUT2D eigenvalue weighted by Gasteiger charge is 2.29. The molecule has 1 unspecified atom stereocenters. The van der Waals surface area contributed by atoms with Crippen molar-refractivity contribution in [2.45, 2.75) is 48.0 Å². The van der Waals surface area contributed by atoms with Gasteiger partial charge in [0, 0.05) is 47.2 Å². The molecular formula is C23H27N9OS2. The Morgan fingerprint density at radius 1 is 1.17 bits per heavy atom. The molecule has 0 spiro atoms. The number of carbonyl (C=O) groups is 1.